The molecule has 0 saturated heterocycles. The summed E-state index contributed by atoms with van der Waals surface area (Å²) in [6, 6.07) is 9.31. The Labute approximate surface area is 69.8 Å². The molecule has 1 atom stereocenters. The molecular formula is C7H9AsO3. The fourth-order valence-electron chi connectivity index (χ4n) is 0.719. The molecule has 1 rings (SSSR count). The van der Waals surface area contributed by atoms with Crippen LogP contribution in [0.15, 0.2) is 30.3 Å². The molecule has 1 aromatic rings. The van der Waals surface area contributed by atoms with E-state index in [4.69, 9.17) is 4.10 Å². The van der Waals surface area contributed by atoms with Gasteiger partial charge in [-0.3, -0.25) is 0 Å². The van der Waals surface area contributed by atoms with Crippen molar-refractivity contribution in [3.05, 3.63) is 35.9 Å². The van der Waals surface area contributed by atoms with Gasteiger partial charge in [0.05, 0.1) is 0 Å². The third-order valence-corrected chi connectivity index (χ3v) is 2.03. The van der Waals surface area contributed by atoms with Crippen LogP contribution in [0.3, 0.4) is 0 Å². The van der Waals surface area contributed by atoms with Gasteiger partial charge in [-0.05, 0) is 0 Å². The van der Waals surface area contributed by atoms with Gasteiger partial charge in [0.15, 0.2) is 0 Å². The van der Waals surface area contributed by atoms with Crippen LogP contribution in [0, 0.1) is 0 Å². The van der Waals surface area contributed by atoms with Crippen LogP contribution in [0.5, 0.6) is 0 Å². The Morgan fingerprint density at radius 1 is 1.36 bits per heavy atom. The average Bonchev–Trinajstić information content (AvgIpc) is 2.03. The Morgan fingerprint density at radius 2 is 2.00 bits per heavy atom. The molecule has 0 radical (unpaired) electrons. The summed E-state index contributed by atoms with van der Waals surface area (Å²) in [6.45, 7) is 0.232. The Hall–Kier alpha value is -0.502. The van der Waals surface area contributed by atoms with E-state index in [2.05, 4.69) is 3.73 Å². The van der Waals surface area contributed by atoms with E-state index in [1.165, 1.54) is 0 Å². The first kappa shape index (κ1) is 8.59. The Balaban J connectivity index is 2.45. The minimum atomic E-state index is -3.32. The van der Waals surface area contributed by atoms with Crippen molar-refractivity contribution >= 4 is 15.3 Å². The monoisotopic (exact) mass is 216 g/mol. The molecule has 0 aliphatic carbocycles. The van der Waals surface area contributed by atoms with E-state index in [1.54, 1.807) is 0 Å². The summed E-state index contributed by atoms with van der Waals surface area (Å²) in [4.78, 5) is 0. The molecule has 0 saturated carbocycles. The van der Waals surface area contributed by atoms with Gasteiger partial charge in [0.25, 0.3) is 0 Å². The molecule has 60 valence electrons. The van der Waals surface area contributed by atoms with Crippen molar-refractivity contribution in [3.8, 4) is 0 Å². The number of hydrogen-bond donors (Lipinski definition) is 1. The van der Waals surface area contributed by atoms with E-state index < -0.39 is 15.3 Å². The normalized spacial score (nSPS) is 12.8. The van der Waals surface area contributed by atoms with E-state index in [-0.39, 0.29) is 6.61 Å². The van der Waals surface area contributed by atoms with E-state index >= 15 is 0 Å². The molecule has 4 heteroatoms. The van der Waals surface area contributed by atoms with Crippen LogP contribution in [0.1, 0.15) is 5.56 Å². The molecule has 0 aliphatic rings. The van der Waals surface area contributed by atoms with Crippen molar-refractivity contribution in [1.29, 1.82) is 0 Å². The summed E-state index contributed by atoms with van der Waals surface area (Å²) in [5, 5.41) is 0. The maximum atomic E-state index is 10.2. The molecule has 0 spiro atoms. The summed E-state index contributed by atoms with van der Waals surface area (Å²) in [5.41, 5.74) is 0.919. The van der Waals surface area contributed by atoms with Crippen LogP contribution in [0.2, 0.25) is 0 Å². The van der Waals surface area contributed by atoms with Crippen molar-refractivity contribution in [3.63, 3.8) is 0 Å². The molecule has 0 amide bonds. The summed E-state index contributed by atoms with van der Waals surface area (Å²) < 4.78 is 23.2. The van der Waals surface area contributed by atoms with Gasteiger partial charge in [0.2, 0.25) is 0 Å². The summed E-state index contributed by atoms with van der Waals surface area (Å²) in [6.07, 6.45) is 0. The predicted molar refractivity (Wildman–Crippen MR) is 41.3 cm³/mol. The van der Waals surface area contributed by atoms with Crippen LogP contribution in [-0.4, -0.2) is 19.4 Å². The molecule has 0 aromatic heterocycles. The van der Waals surface area contributed by atoms with Crippen molar-refractivity contribution in [2.45, 2.75) is 6.61 Å². The van der Waals surface area contributed by atoms with E-state index in [1.807, 2.05) is 30.3 Å². The first-order valence-electron chi connectivity index (χ1n) is 3.18. The molecule has 0 heterocycles. The molecule has 0 bridgehead atoms. The average molecular weight is 216 g/mol. The molecular weight excluding hydrogens is 207 g/mol. The quantitative estimate of drug-likeness (QED) is 0.741. The number of rotatable bonds is 3. The van der Waals surface area contributed by atoms with Crippen LogP contribution in [0.4, 0.5) is 0 Å². The molecule has 3 nitrogen and oxygen atoms in total. The van der Waals surface area contributed by atoms with E-state index in [0.29, 0.717) is 0 Å². The van der Waals surface area contributed by atoms with E-state index in [0.717, 1.165) is 5.56 Å². The first-order chi connectivity index (χ1) is 5.29. The van der Waals surface area contributed by atoms with Gasteiger partial charge in [-0.15, -0.1) is 0 Å². The second kappa shape index (κ2) is 4.39. The van der Waals surface area contributed by atoms with E-state index in [9.17, 15) is 3.74 Å². The Bertz CT molecular complexity index is 235. The fraction of sp³-hybridized carbons (Fsp3) is 0.143. The topological polar surface area (TPSA) is 46.5 Å². The zero-order chi connectivity index (χ0) is 8.10. The Kier molecular flexibility index (Phi) is 3.43. The third kappa shape index (κ3) is 3.42. The molecule has 0 aliphatic heterocycles. The van der Waals surface area contributed by atoms with Crippen LogP contribution in [-0.2, 0) is 14.1 Å². The fourth-order valence-corrected chi connectivity index (χ4v) is 1.33. The van der Waals surface area contributed by atoms with Gasteiger partial charge in [-0.1, -0.05) is 0 Å². The number of benzene rings is 1. The Morgan fingerprint density at radius 3 is 2.55 bits per heavy atom. The molecule has 1 aromatic carbocycles. The number of hydrogen-bond acceptors (Lipinski definition) is 2. The standard InChI is InChI=1S/C7H9AsO3/c9-8(10)11-6-7-4-2-1-3-5-7/h1-5,8H,6H2,(H,9,10). The van der Waals surface area contributed by atoms with Crippen molar-refractivity contribution in [2.75, 3.05) is 0 Å². The van der Waals surface area contributed by atoms with Gasteiger partial charge in [0.1, 0.15) is 0 Å². The SMILES string of the molecule is O=[AsH](O)OCc1ccccc1. The van der Waals surface area contributed by atoms with Gasteiger partial charge in [-0.25, -0.2) is 0 Å². The second-order valence-corrected chi connectivity index (χ2v) is 3.76. The van der Waals surface area contributed by atoms with Gasteiger partial charge in [0, 0.05) is 0 Å². The maximum absolute atomic E-state index is 10.2. The van der Waals surface area contributed by atoms with Crippen molar-refractivity contribution in [1.82, 2.24) is 0 Å². The van der Waals surface area contributed by atoms with Crippen LogP contribution >= 0.6 is 0 Å². The van der Waals surface area contributed by atoms with Crippen LogP contribution < -0.4 is 0 Å². The zero-order valence-corrected chi connectivity index (χ0v) is 7.96. The van der Waals surface area contributed by atoms with Crippen LogP contribution in [0.25, 0.3) is 0 Å². The molecule has 0 fully saturated rings. The van der Waals surface area contributed by atoms with Crippen molar-refractivity contribution in [2.24, 2.45) is 0 Å². The molecule has 1 unspecified atom stereocenters. The van der Waals surface area contributed by atoms with Gasteiger partial charge in [-0.2, -0.15) is 0 Å². The minimum absolute atomic E-state index is 0.232. The summed E-state index contributed by atoms with van der Waals surface area (Å²) >= 11 is -3.32. The third-order valence-electron chi connectivity index (χ3n) is 1.21. The second-order valence-electron chi connectivity index (χ2n) is 2.04. The summed E-state index contributed by atoms with van der Waals surface area (Å²) in [5.74, 6) is 0. The summed E-state index contributed by atoms with van der Waals surface area (Å²) in [7, 11) is 0. The van der Waals surface area contributed by atoms with Gasteiger partial charge >= 0.3 is 69.3 Å². The zero-order valence-electron chi connectivity index (χ0n) is 5.86. The van der Waals surface area contributed by atoms with Crippen molar-refractivity contribution < 1.29 is 11.6 Å². The molecule has 11 heavy (non-hydrogen) atoms. The van der Waals surface area contributed by atoms with Gasteiger partial charge < -0.3 is 0 Å². The first-order valence-corrected chi connectivity index (χ1v) is 5.84. The predicted octanol–water partition coefficient (Wildman–Crippen LogP) is 0.343. The molecule has 1 N–H and O–H groups in total.